The molecule has 0 saturated heterocycles. The Morgan fingerprint density at radius 1 is 0.739 bits per heavy atom. The van der Waals surface area contributed by atoms with E-state index in [0.29, 0.717) is 39.9 Å². The molecule has 240 valence electrons. The highest BCUT2D eigenvalue weighted by molar-refractivity contribution is 6.30. The van der Waals surface area contributed by atoms with E-state index < -0.39 is 35.8 Å². The third-order valence-corrected chi connectivity index (χ3v) is 6.74. The van der Waals surface area contributed by atoms with E-state index >= 15 is 0 Å². The van der Waals surface area contributed by atoms with Crippen LogP contribution in [0.5, 0.6) is 0 Å². The Morgan fingerprint density at radius 3 is 1.59 bits per heavy atom. The highest BCUT2D eigenvalue weighted by atomic mass is 35.5. The fraction of sp³-hybridized carbons (Fsp3) is 0.206. The number of methoxy groups -OCH3 is 2. The van der Waals surface area contributed by atoms with Crippen LogP contribution in [0.2, 0.25) is 10.0 Å². The van der Waals surface area contributed by atoms with Gasteiger partial charge in [-0.1, -0.05) is 47.5 Å². The first-order chi connectivity index (χ1) is 22.1. The number of halogens is 4. The quantitative estimate of drug-likeness (QED) is 0.130. The maximum atomic E-state index is 13.6. The Balaban J connectivity index is 0.000000250. The molecule has 0 bridgehead atoms. The van der Waals surface area contributed by atoms with Gasteiger partial charge in [0, 0.05) is 16.6 Å². The van der Waals surface area contributed by atoms with Gasteiger partial charge in [-0.2, -0.15) is 0 Å². The van der Waals surface area contributed by atoms with E-state index in [1.54, 1.807) is 60.7 Å². The lowest BCUT2D eigenvalue weighted by Crippen LogP contribution is -2.14. The fourth-order valence-corrected chi connectivity index (χ4v) is 4.87. The summed E-state index contributed by atoms with van der Waals surface area (Å²) in [7, 11) is 2.60. The summed E-state index contributed by atoms with van der Waals surface area (Å²) in [6.07, 6.45) is -1.31. The number of nitrogens with zero attached hydrogens (tertiary/aromatic N) is 1. The number of nitrogens with two attached hydrogens (primary N) is 1. The van der Waals surface area contributed by atoms with Crippen LogP contribution >= 0.6 is 23.2 Å². The SMILES string of the molecule is COC(=O)c1cccc(C(OCCN)c2cc(F)cc(Cl)c2)c1.[C-]#[N+]COC(c1cc(F)cc(Cl)c1)c1cccc(C(=O)OC)c1. The van der Waals surface area contributed by atoms with Crippen molar-refractivity contribution in [2.24, 2.45) is 5.73 Å². The lowest BCUT2D eigenvalue weighted by Gasteiger charge is -2.19. The van der Waals surface area contributed by atoms with Crippen molar-refractivity contribution in [3.8, 4) is 0 Å². The predicted octanol–water partition coefficient (Wildman–Crippen LogP) is 7.58. The van der Waals surface area contributed by atoms with Crippen LogP contribution in [0, 0.1) is 18.2 Å². The average molecular weight is 672 g/mol. The molecule has 4 aromatic carbocycles. The summed E-state index contributed by atoms with van der Waals surface area (Å²) < 4.78 is 47.9. The molecule has 0 saturated carbocycles. The van der Waals surface area contributed by atoms with Crippen LogP contribution in [0.3, 0.4) is 0 Å². The number of hydrogen-bond donors (Lipinski definition) is 1. The average Bonchev–Trinajstić information content (AvgIpc) is 3.04. The Bertz CT molecular complexity index is 1660. The molecule has 4 rings (SSSR count). The van der Waals surface area contributed by atoms with Crippen molar-refractivity contribution in [2.45, 2.75) is 12.2 Å². The molecule has 0 aliphatic rings. The Kier molecular flexibility index (Phi) is 14.1. The standard InChI is InChI=1S/C17H13ClFNO3.C17H17ClFNO3/c1-20-10-23-16(13-7-14(18)9-15(19)8-13)11-4-3-5-12(6-11)17(21)22-2;1-22-17(21)12-4-2-3-11(7-12)16(23-6-5-20)13-8-14(18)10-15(19)9-13/h3-9,16H,10H2,2H3;2-4,7-10,16H,5-6,20H2,1H3. The summed E-state index contributed by atoms with van der Waals surface area (Å²) in [5.41, 5.74) is 8.50. The van der Waals surface area contributed by atoms with Crippen LogP contribution in [-0.4, -0.2) is 46.0 Å². The smallest absolute Gasteiger partial charge is 0.337 e. The Morgan fingerprint density at radius 2 is 1.20 bits per heavy atom. The number of hydrogen-bond acceptors (Lipinski definition) is 7. The van der Waals surface area contributed by atoms with E-state index in [0.717, 1.165) is 0 Å². The molecule has 0 aromatic heterocycles. The van der Waals surface area contributed by atoms with Gasteiger partial charge in [0.1, 0.15) is 23.8 Å². The van der Waals surface area contributed by atoms with Crippen LogP contribution in [0.15, 0.2) is 84.9 Å². The second kappa shape index (κ2) is 17.9. The molecule has 2 atom stereocenters. The van der Waals surface area contributed by atoms with Crippen molar-refractivity contribution in [2.75, 3.05) is 34.1 Å². The summed E-state index contributed by atoms with van der Waals surface area (Å²) in [5, 5.41) is 0.492. The molecule has 8 nitrogen and oxygen atoms in total. The molecular weight excluding hydrogens is 641 g/mol. The van der Waals surface area contributed by atoms with Crippen LogP contribution in [0.1, 0.15) is 55.2 Å². The van der Waals surface area contributed by atoms with Crippen LogP contribution in [-0.2, 0) is 18.9 Å². The van der Waals surface area contributed by atoms with Gasteiger partial charge in [0.25, 0.3) is 0 Å². The van der Waals surface area contributed by atoms with Crippen molar-refractivity contribution in [3.05, 3.63) is 151 Å². The number of carbonyl (C=O) groups is 2. The summed E-state index contributed by atoms with van der Waals surface area (Å²) in [4.78, 5) is 26.5. The third kappa shape index (κ3) is 10.3. The van der Waals surface area contributed by atoms with Gasteiger partial charge >= 0.3 is 18.7 Å². The molecule has 0 heterocycles. The summed E-state index contributed by atoms with van der Waals surface area (Å²) in [5.74, 6) is -1.92. The van der Waals surface area contributed by atoms with Gasteiger partial charge in [-0.3, -0.25) is 9.58 Å². The van der Waals surface area contributed by atoms with Gasteiger partial charge in [0.15, 0.2) is 0 Å². The van der Waals surface area contributed by atoms with Gasteiger partial charge in [0.2, 0.25) is 0 Å². The van der Waals surface area contributed by atoms with Crippen LogP contribution in [0.25, 0.3) is 4.85 Å². The zero-order valence-electron chi connectivity index (χ0n) is 24.8. The molecule has 0 amide bonds. The van der Waals surface area contributed by atoms with Crippen molar-refractivity contribution in [1.82, 2.24) is 0 Å². The van der Waals surface area contributed by atoms with Gasteiger partial charge in [-0.15, -0.1) is 0 Å². The minimum absolute atomic E-state index is 0.207. The first-order valence-electron chi connectivity index (χ1n) is 13.6. The zero-order chi connectivity index (χ0) is 33.6. The maximum absolute atomic E-state index is 13.6. The number of ether oxygens (including phenoxy) is 4. The summed E-state index contributed by atoms with van der Waals surface area (Å²) in [6, 6.07) is 21.5. The Labute approximate surface area is 275 Å². The van der Waals surface area contributed by atoms with Crippen LogP contribution in [0.4, 0.5) is 8.78 Å². The van der Waals surface area contributed by atoms with E-state index in [1.165, 1.54) is 38.5 Å². The lowest BCUT2D eigenvalue weighted by molar-refractivity contribution is 0.0590. The normalized spacial score (nSPS) is 11.8. The van der Waals surface area contributed by atoms with Crippen molar-refractivity contribution >= 4 is 35.1 Å². The molecule has 2 unspecified atom stereocenters. The third-order valence-electron chi connectivity index (χ3n) is 6.30. The van der Waals surface area contributed by atoms with E-state index in [9.17, 15) is 18.4 Å². The number of esters is 2. The number of benzene rings is 4. The molecule has 0 fully saturated rings. The highest BCUT2D eigenvalue weighted by Crippen LogP contribution is 2.31. The molecule has 0 aliphatic heterocycles. The fourth-order valence-electron chi connectivity index (χ4n) is 4.41. The minimum atomic E-state index is -0.720. The summed E-state index contributed by atoms with van der Waals surface area (Å²) in [6.45, 7) is 7.26. The molecule has 0 aliphatic carbocycles. The van der Waals surface area contributed by atoms with Gasteiger partial charge in [-0.05, 0) is 82.9 Å². The zero-order valence-corrected chi connectivity index (χ0v) is 26.4. The van der Waals surface area contributed by atoms with E-state index in [4.69, 9.17) is 49.7 Å². The monoisotopic (exact) mass is 670 g/mol. The molecule has 12 heteroatoms. The highest BCUT2D eigenvalue weighted by Gasteiger charge is 2.20. The van der Waals surface area contributed by atoms with Gasteiger partial charge < -0.3 is 19.9 Å². The van der Waals surface area contributed by atoms with Gasteiger partial charge in [-0.25, -0.2) is 24.9 Å². The van der Waals surface area contributed by atoms with E-state index in [-0.39, 0.29) is 23.4 Å². The Hall–Kier alpha value is -4.37. The predicted molar refractivity (Wildman–Crippen MR) is 170 cm³/mol. The first-order valence-corrected chi connectivity index (χ1v) is 14.4. The largest absolute Gasteiger partial charge is 0.465 e. The molecule has 46 heavy (non-hydrogen) atoms. The number of carbonyl (C=O) groups excluding carboxylic acids is 2. The lowest BCUT2D eigenvalue weighted by atomic mass is 9.99. The second-order valence-corrected chi connectivity index (χ2v) is 10.4. The minimum Gasteiger partial charge on any atom is -0.465 e. The molecule has 4 aromatic rings. The van der Waals surface area contributed by atoms with E-state index in [1.807, 2.05) is 0 Å². The van der Waals surface area contributed by atoms with Crippen molar-refractivity contribution < 1.29 is 37.3 Å². The molecule has 0 spiro atoms. The second-order valence-electron chi connectivity index (χ2n) is 9.51. The first kappa shape index (κ1) is 36.1. The molecular formula is C34H30Cl2F2N2O6. The maximum Gasteiger partial charge on any atom is 0.337 e. The molecule has 0 radical (unpaired) electrons. The van der Waals surface area contributed by atoms with Crippen LogP contribution < -0.4 is 5.73 Å². The topological polar surface area (TPSA) is 101 Å². The van der Waals surface area contributed by atoms with Crippen molar-refractivity contribution in [1.29, 1.82) is 0 Å². The van der Waals surface area contributed by atoms with Crippen molar-refractivity contribution in [3.63, 3.8) is 0 Å². The summed E-state index contributed by atoms with van der Waals surface area (Å²) >= 11 is 11.8. The van der Waals surface area contributed by atoms with E-state index in [2.05, 4.69) is 9.58 Å². The number of rotatable bonds is 11. The molecule has 2 N–H and O–H groups in total. The van der Waals surface area contributed by atoms with Gasteiger partial charge in [0.05, 0.1) is 32.0 Å².